The second-order valence-corrected chi connectivity index (χ2v) is 8.91. The predicted molar refractivity (Wildman–Crippen MR) is 130 cm³/mol. The SMILES string of the molecule is CCc1nc(NCCNC(=O)c2cc(OC)c(OC)c(OC)c2)c2c3c(sc2n1)CCCC3. The second kappa shape index (κ2) is 10.2. The molecule has 0 radical (unpaired) electrons. The second-order valence-electron chi connectivity index (χ2n) is 7.83. The summed E-state index contributed by atoms with van der Waals surface area (Å²) in [7, 11) is 4.59. The summed E-state index contributed by atoms with van der Waals surface area (Å²) in [5, 5.41) is 7.54. The number of anilines is 1. The van der Waals surface area contributed by atoms with Crippen molar-refractivity contribution in [2.24, 2.45) is 0 Å². The molecular formula is C24H30N4O4S. The van der Waals surface area contributed by atoms with Crippen molar-refractivity contribution in [2.45, 2.75) is 39.0 Å². The van der Waals surface area contributed by atoms with Gasteiger partial charge in [-0.2, -0.15) is 0 Å². The minimum atomic E-state index is -0.217. The number of fused-ring (bicyclic) bond motifs is 3. The van der Waals surface area contributed by atoms with Gasteiger partial charge in [-0.05, 0) is 43.4 Å². The highest BCUT2D eigenvalue weighted by Crippen LogP contribution is 2.39. The van der Waals surface area contributed by atoms with Crippen LogP contribution in [0.1, 0.15) is 46.4 Å². The van der Waals surface area contributed by atoms with Gasteiger partial charge in [-0.3, -0.25) is 4.79 Å². The number of thiophene rings is 1. The Morgan fingerprint density at radius 1 is 1.03 bits per heavy atom. The number of amides is 1. The van der Waals surface area contributed by atoms with E-state index in [1.807, 2.05) is 0 Å². The number of carbonyl (C=O) groups excluding carboxylic acids is 1. The number of methoxy groups -OCH3 is 3. The number of benzene rings is 1. The van der Waals surface area contributed by atoms with Gasteiger partial charge in [0.2, 0.25) is 5.75 Å². The average molecular weight is 471 g/mol. The van der Waals surface area contributed by atoms with Crippen molar-refractivity contribution < 1.29 is 19.0 Å². The number of nitrogens with zero attached hydrogens (tertiary/aromatic N) is 2. The number of aromatic nitrogens is 2. The molecule has 33 heavy (non-hydrogen) atoms. The number of hydrogen-bond acceptors (Lipinski definition) is 8. The van der Waals surface area contributed by atoms with Crippen LogP contribution in [0.15, 0.2) is 12.1 Å². The van der Waals surface area contributed by atoms with E-state index in [2.05, 4.69) is 17.6 Å². The molecule has 0 saturated carbocycles. The molecule has 176 valence electrons. The normalized spacial score (nSPS) is 12.8. The van der Waals surface area contributed by atoms with Crippen LogP contribution in [0.3, 0.4) is 0 Å². The maximum absolute atomic E-state index is 12.7. The average Bonchev–Trinajstić information content (AvgIpc) is 3.23. The smallest absolute Gasteiger partial charge is 0.251 e. The third kappa shape index (κ3) is 4.68. The molecule has 9 heteroatoms. The fourth-order valence-corrected chi connectivity index (χ4v) is 5.44. The van der Waals surface area contributed by atoms with E-state index in [1.54, 1.807) is 23.5 Å². The first-order valence-corrected chi connectivity index (χ1v) is 12.0. The molecule has 2 aromatic heterocycles. The van der Waals surface area contributed by atoms with Gasteiger partial charge in [0.1, 0.15) is 16.5 Å². The van der Waals surface area contributed by atoms with Crippen LogP contribution < -0.4 is 24.8 Å². The summed E-state index contributed by atoms with van der Waals surface area (Å²) < 4.78 is 16.0. The summed E-state index contributed by atoms with van der Waals surface area (Å²) in [5.74, 6) is 2.84. The molecule has 0 unspecified atom stereocenters. The maximum Gasteiger partial charge on any atom is 0.251 e. The molecule has 1 aromatic carbocycles. The number of ether oxygens (including phenoxy) is 3. The lowest BCUT2D eigenvalue weighted by molar-refractivity contribution is 0.0954. The number of rotatable bonds is 9. The quantitative estimate of drug-likeness (QED) is 0.457. The van der Waals surface area contributed by atoms with Gasteiger partial charge in [0.15, 0.2) is 11.5 Å². The van der Waals surface area contributed by atoms with Crippen LogP contribution in [0, 0.1) is 0 Å². The van der Waals surface area contributed by atoms with E-state index in [9.17, 15) is 4.79 Å². The third-order valence-corrected chi connectivity index (χ3v) is 6.99. The van der Waals surface area contributed by atoms with E-state index in [4.69, 9.17) is 24.2 Å². The zero-order chi connectivity index (χ0) is 23.4. The van der Waals surface area contributed by atoms with E-state index >= 15 is 0 Å². The Bertz CT molecular complexity index is 1140. The highest BCUT2D eigenvalue weighted by molar-refractivity contribution is 7.19. The Morgan fingerprint density at radius 2 is 1.76 bits per heavy atom. The monoisotopic (exact) mass is 470 g/mol. The summed E-state index contributed by atoms with van der Waals surface area (Å²) in [5.41, 5.74) is 1.84. The lowest BCUT2D eigenvalue weighted by Crippen LogP contribution is -2.29. The van der Waals surface area contributed by atoms with Crippen LogP contribution in [-0.4, -0.2) is 50.3 Å². The third-order valence-electron chi connectivity index (χ3n) is 5.81. The van der Waals surface area contributed by atoms with Gasteiger partial charge in [-0.15, -0.1) is 11.3 Å². The summed E-state index contributed by atoms with van der Waals surface area (Å²) in [4.78, 5) is 24.8. The topological polar surface area (TPSA) is 94.6 Å². The van der Waals surface area contributed by atoms with Crippen LogP contribution in [-0.2, 0) is 19.3 Å². The molecule has 0 fully saturated rings. The first-order valence-electron chi connectivity index (χ1n) is 11.2. The molecule has 8 nitrogen and oxygen atoms in total. The first-order chi connectivity index (χ1) is 16.1. The maximum atomic E-state index is 12.7. The molecule has 0 bridgehead atoms. The Balaban J connectivity index is 1.46. The van der Waals surface area contributed by atoms with E-state index in [-0.39, 0.29) is 5.91 Å². The van der Waals surface area contributed by atoms with Gasteiger partial charge in [-0.25, -0.2) is 9.97 Å². The van der Waals surface area contributed by atoms with Crippen molar-refractivity contribution in [3.8, 4) is 17.2 Å². The molecule has 0 spiro atoms. The lowest BCUT2D eigenvalue weighted by atomic mass is 9.97. The molecule has 3 aromatic rings. The van der Waals surface area contributed by atoms with Gasteiger partial charge in [-0.1, -0.05) is 6.92 Å². The van der Waals surface area contributed by atoms with Gasteiger partial charge in [0.05, 0.1) is 26.7 Å². The first kappa shape index (κ1) is 23.1. The van der Waals surface area contributed by atoms with Gasteiger partial charge in [0, 0.05) is 30.0 Å². The molecule has 2 heterocycles. The summed E-state index contributed by atoms with van der Waals surface area (Å²) in [6.07, 6.45) is 5.44. The molecular weight excluding hydrogens is 440 g/mol. The van der Waals surface area contributed by atoms with Crippen LogP contribution in [0.4, 0.5) is 5.82 Å². The molecule has 4 rings (SSSR count). The van der Waals surface area contributed by atoms with Gasteiger partial charge < -0.3 is 24.8 Å². The van der Waals surface area contributed by atoms with Crippen LogP contribution in [0.2, 0.25) is 0 Å². The van der Waals surface area contributed by atoms with Crippen LogP contribution in [0.25, 0.3) is 10.2 Å². The Hall–Kier alpha value is -3.07. The Kier molecular flexibility index (Phi) is 7.17. The van der Waals surface area contributed by atoms with Crippen molar-refractivity contribution >= 4 is 33.3 Å². The van der Waals surface area contributed by atoms with E-state index in [0.717, 1.165) is 41.1 Å². The fraction of sp³-hybridized carbons (Fsp3) is 0.458. The van der Waals surface area contributed by atoms with Crippen molar-refractivity contribution in [1.82, 2.24) is 15.3 Å². The standard InChI is InChI=1S/C24H30N4O4S/c1-5-19-27-22(20-15-8-6-7-9-18(15)33-24(20)28-19)25-10-11-26-23(29)14-12-16(30-2)21(32-4)17(13-14)31-3/h12-13H,5-11H2,1-4H3,(H,26,29)(H,25,27,28). The van der Waals surface area contributed by atoms with Crippen molar-refractivity contribution in [3.05, 3.63) is 34.0 Å². The van der Waals surface area contributed by atoms with Crippen molar-refractivity contribution in [2.75, 3.05) is 39.7 Å². The van der Waals surface area contributed by atoms with E-state index in [0.29, 0.717) is 35.9 Å². The largest absolute Gasteiger partial charge is 0.493 e. The predicted octanol–water partition coefficient (Wildman–Crippen LogP) is 4.00. The minimum absolute atomic E-state index is 0.217. The highest BCUT2D eigenvalue weighted by atomic mass is 32.1. The minimum Gasteiger partial charge on any atom is -0.493 e. The molecule has 2 N–H and O–H groups in total. The fourth-order valence-electron chi connectivity index (χ4n) is 4.16. The van der Waals surface area contributed by atoms with Crippen LogP contribution in [0.5, 0.6) is 17.2 Å². The molecule has 1 aliphatic carbocycles. The lowest BCUT2D eigenvalue weighted by Gasteiger charge is -2.15. The highest BCUT2D eigenvalue weighted by Gasteiger charge is 2.21. The Labute approximate surface area is 197 Å². The number of nitrogens with one attached hydrogen (secondary N) is 2. The van der Waals surface area contributed by atoms with Crippen molar-refractivity contribution in [3.63, 3.8) is 0 Å². The molecule has 1 aliphatic rings. The van der Waals surface area contributed by atoms with Gasteiger partial charge in [0.25, 0.3) is 5.91 Å². The Morgan fingerprint density at radius 3 is 2.42 bits per heavy atom. The van der Waals surface area contributed by atoms with E-state index < -0.39 is 0 Å². The summed E-state index contributed by atoms with van der Waals surface area (Å²) >= 11 is 1.80. The molecule has 0 atom stereocenters. The zero-order valence-corrected chi connectivity index (χ0v) is 20.4. The van der Waals surface area contributed by atoms with E-state index in [1.165, 1.54) is 44.6 Å². The van der Waals surface area contributed by atoms with Crippen LogP contribution >= 0.6 is 11.3 Å². The number of carbonyl (C=O) groups is 1. The zero-order valence-electron chi connectivity index (χ0n) is 19.5. The number of aryl methyl sites for hydroxylation is 3. The molecule has 0 aliphatic heterocycles. The molecule has 0 saturated heterocycles. The van der Waals surface area contributed by atoms with Crippen molar-refractivity contribution in [1.29, 1.82) is 0 Å². The molecule has 1 amide bonds. The summed E-state index contributed by atoms with van der Waals surface area (Å²) in [6.45, 7) is 3.06. The van der Waals surface area contributed by atoms with Gasteiger partial charge >= 0.3 is 0 Å². The summed E-state index contributed by atoms with van der Waals surface area (Å²) in [6, 6.07) is 3.28. The number of hydrogen-bond donors (Lipinski definition) is 2.